The lowest BCUT2D eigenvalue weighted by Crippen LogP contribution is -2.34. The Bertz CT molecular complexity index is 613. The van der Waals surface area contributed by atoms with Gasteiger partial charge in [-0.15, -0.1) is 0 Å². The fourth-order valence-electron chi connectivity index (χ4n) is 3.64. The summed E-state index contributed by atoms with van der Waals surface area (Å²) in [5.74, 6) is -2.89. The lowest BCUT2D eigenvalue weighted by atomic mass is 9.82. The largest absolute Gasteiger partial charge is 0.473 e. The minimum atomic E-state index is -1.82. The Morgan fingerprint density at radius 1 is 1.03 bits per heavy atom. The fraction of sp³-hybridized carbons (Fsp3) is 0.591. The van der Waals surface area contributed by atoms with Crippen LogP contribution in [0.25, 0.3) is 0 Å². The molecule has 0 atom stereocenters. The number of carbonyl (C=O) groups is 3. The highest BCUT2D eigenvalue weighted by atomic mass is 16.5. The standard InChI is InChI=1S/C20H31NO2.C2H2O4/c1-3-23-20(22)11-7-10-17-12-14-19(15-13-17)21(2)16-18-8-5-4-6-9-18;3-1(4)2(5)6/h4-6,8-9,17,19H,3,7,10-16H2,1-2H3;(H,3,4)(H,5,6)/t17-,19+;. The maximum absolute atomic E-state index is 11.4. The second-order valence-electron chi connectivity index (χ2n) is 7.38. The van der Waals surface area contributed by atoms with E-state index in [-0.39, 0.29) is 5.97 Å². The third-order valence-electron chi connectivity index (χ3n) is 5.20. The molecule has 0 bridgehead atoms. The molecule has 0 unspecified atom stereocenters. The van der Waals surface area contributed by atoms with E-state index in [1.807, 2.05) is 6.92 Å². The maximum atomic E-state index is 11.4. The van der Waals surface area contributed by atoms with Gasteiger partial charge in [-0.05, 0) is 64.0 Å². The first kappa shape index (κ1) is 24.6. The van der Waals surface area contributed by atoms with E-state index < -0.39 is 11.9 Å². The summed E-state index contributed by atoms with van der Waals surface area (Å²) < 4.78 is 4.99. The molecular formula is C22H33NO6. The molecule has 0 amide bonds. The minimum absolute atomic E-state index is 0.0382. The molecule has 1 aliphatic carbocycles. The third kappa shape index (κ3) is 10.6. The zero-order chi connectivity index (χ0) is 21.6. The molecule has 1 saturated carbocycles. The van der Waals surface area contributed by atoms with Crippen molar-refractivity contribution < 1.29 is 29.3 Å². The molecule has 0 saturated heterocycles. The first-order valence-electron chi connectivity index (χ1n) is 10.2. The molecule has 29 heavy (non-hydrogen) atoms. The van der Waals surface area contributed by atoms with Crippen molar-refractivity contribution in [3.05, 3.63) is 35.9 Å². The molecule has 0 aliphatic heterocycles. The Morgan fingerprint density at radius 3 is 2.14 bits per heavy atom. The second-order valence-corrected chi connectivity index (χ2v) is 7.38. The first-order valence-corrected chi connectivity index (χ1v) is 10.2. The van der Waals surface area contributed by atoms with Gasteiger partial charge in [-0.2, -0.15) is 0 Å². The summed E-state index contributed by atoms with van der Waals surface area (Å²) in [6.07, 6.45) is 7.91. The lowest BCUT2D eigenvalue weighted by molar-refractivity contribution is -0.159. The van der Waals surface area contributed by atoms with Gasteiger partial charge in [0.25, 0.3) is 0 Å². The SMILES string of the molecule is CCOC(=O)CCC[C@H]1CC[C@@H](N(C)Cc2ccccc2)CC1.O=C(O)C(=O)O. The Hall–Kier alpha value is -2.41. The van der Waals surface area contributed by atoms with Crippen molar-refractivity contribution in [3.63, 3.8) is 0 Å². The minimum Gasteiger partial charge on any atom is -0.473 e. The zero-order valence-electron chi connectivity index (χ0n) is 17.4. The summed E-state index contributed by atoms with van der Waals surface area (Å²) in [6.45, 7) is 3.40. The summed E-state index contributed by atoms with van der Waals surface area (Å²) in [5, 5.41) is 14.8. The van der Waals surface area contributed by atoms with Gasteiger partial charge in [0.05, 0.1) is 6.61 Å². The Labute approximate surface area is 172 Å². The van der Waals surface area contributed by atoms with Crippen molar-refractivity contribution in [1.29, 1.82) is 0 Å². The van der Waals surface area contributed by atoms with Crippen LogP contribution in [0.15, 0.2) is 30.3 Å². The number of esters is 1. The lowest BCUT2D eigenvalue weighted by Gasteiger charge is -2.34. The van der Waals surface area contributed by atoms with E-state index >= 15 is 0 Å². The number of hydrogen-bond acceptors (Lipinski definition) is 5. The van der Waals surface area contributed by atoms with E-state index in [1.54, 1.807) is 0 Å². The topological polar surface area (TPSA) is 104 Å². The van der Waals surface area contributed by atoms with E-state index in [0.717, 1.165) is 18.9 Å². The number of carbonyl (C=O) groups excluding carboxylic acids is 1. The Balaban J connectivity index is 0.000000612. The molecule has 2 N–H and O–H groups in total. The maximum Gasteiger partial charge on any atom is 0.414 e. The van der Waals surface area contributed by atoms with Gasteiger partial charge in [-0.25, -0.2) is 9.59 Å². The first-order chi connectivity index (χ1) is 13.8. The number of aliphatic carboxylic acids is 2. The molecular weight excluding hydrogens is 374 g/mol. The summed E-state index contributed by atoms with van der Waals surface area (Å²) in [6, 6.07) is 11.4. The summed E-state index contributed by atoms with van der Waals surface area (Å²) in [7, 11) is 2.25. The van der Waals surface area contributed by atoms with Crippen LogP contribution in [0, 0.1) is 5.92 Å². The molecule has 0 aromatic heterocycles. The highest BCUT2D eigenvalue weighted by Crippen LogP contribution is 2.31. The van der Waals surface area contributed by atoms with Crippen molar-refractivity contribution in [1.82, 2.24) is 4.90 Å². The predicted octanol–water partition coefficient (Wildman–Crippen LogP) is 3.57. The molecule has 0 radical (unpaired) electrons. The van der Waals surface area contributed by atoms with Gasteiger partial charge >= 0.3 is 17.9 Å². The van der Waals surface area contributed by atoms with Gasteiger partial charge < -0.3 is 14.9 Å². The van der Waals surface area contributed by atoms with Crippen LogP contribution in [0.1, 0.15) is 57.4 Å². The summed E-state index contributed by atoms with van der Waals surface area (Å²) in [5.41, 5.74) is 1.39. The number of ether oxygens (including phenoxy) is 1. The number of carboxylic acids is 2. The van der Waals surface area contributed by atoms with Crippen molar-refractivity contribution in [2.75, 3.05) is 13.7 Å². The van der Waals surface area contributed by atoms with Gasteiger partial charge in [0.1, 0.15) is 0 Å². The molecule has 0 heterocycles. The van der Waals surface area contributed by atoms with E-state index in [2.05, 4.69) is 42.3 Å². The number of nitrogens with zero attached hydrogens (tertiary/aromatic N) is 1. The Morgan fingerprint density at radius 2 is 1.62 bits per heavy atom. The average molecular weight is 408 g/mol. The number of rotatable bonds is 8. The van der Waals surface area contributed by atoms with Crippen LogP contribution in [-0.2, 0) is 25.7 Å². The molecule has 1 fully saturated rings. The van der Waals surface area contributed by atoms with Crippen LogP contribution >= 0.6 is 0 Å². The predicted molar refractivity (Wildman–Crippen MR) is 109 cm³/mol. The van der Waals surface area contributed by atoms with E-state index in [1.165, 1.54) is 37.7 Å². The van der Waals surface area contributed by atoms with Gasteiger partial charge in [-0.3, -0.25) is 9.69 Å². The van der Waals surface area contributed by atoms with E-state index in [9.17, 15) is 4.79 Å². The number of carboxylic acid groups (broad SMARTS) is 2. The molecule has 7 heteroatoms. The molecule has 2 rings (SSSR count). The third-order valence-corrected chi connectivity index (χ3v) is 5.20. The quantitative estimate of drug-likeness (QED) is 0.501. The van der Waals surface area contributed by atoms with Crippen LogP contribution < -0.4 is 0 Å². The summed E-state index contributed by atoms with van der Waals surface area (Å²) in [4.78, 5) is 32.1. The normalized spacial score (nSPS) is 18.4. The van der Waals surface area contributed by atoms with Crippen molar-refractivity contribution in [2.24, 2.45) is 5.92 Å². The van der Waals surface area contributed by atoms with Crippen molar-refractivity contribution in [3.8, 4) is 0 Å². The van der Waals surface area contributed by atoms with Gasteiger partial charge in [0.2, 0.25) is 0 Å². The average Bonchev–Trinajstić information content (AvgIpc) is 2.70. The van der Waals surface area contributed by atoms with Crippen LogP contribution in [0.5, 0.6) is 0 Å². The van der Waals surface area contributed by atoms with Crippen LogP contribution in [0.2, 0.25) is 0 Å². The van der Waals surface area contributed by atoms with Gasteiger partial charge in [0.15, 0.2) is 0 Å². The molecule has 1 aromatic carbocycles. The van der Waals surface area contributed by atoms with E-state index in [4.69, 9.17) is 24.5 Å². The number of benzene rings is 1. The molecule has 1 aromatic rings. The Kier molecular flexibility index (Phi) is 11.6. The van der Waals surface area contributed by atoms with Crippen LogP contribution in [-0.4, -0.2) is 52.7 Å². The van der Waals surface area contributed by atoms with Gasteiger partial charge in [0, 0.05) is 19.0 Å². The van der Waals surface area contributed by atoms with Crippen LogP contribution in [0.3, 0.4) is 0 Å². The molecule has 7 nitrogen and oxygen atoms in total. The van der Waals surface area contributed by atoms with Crippen molar-refractivity contribution in [2.45, 2.75) is 64.5 Å². The molecule has 1 aliphatic rings. The van der Waals surface area contributed by atoms with Crippen molar-refractivity contribution >= 4 is 17.9 Å². The fourth-order valence-corrected chi connectivity index (χ4v) is 3.64. The summed E-state index contributed by atoms with van der Waals surface area (Å²) >= 11 is 0. The van der Waals surface area contributed by atoms with Gasteiger partial charge in [-0.1, -0.05) is 30.3 Å². The molecule has 162 valence electrons. The zero-order valence-corrected chi connectivity index (χ0v) is 17.4. The van der Waals surface area contributed by atoms with Crippen LogP contribution in [0.4, 0.5) is 0 Å². The number of hydrogen-bond donors (Lipinski definition) is 2. The smallest absolute Gasteiger partial charge is 0.414 e. The monoisotopic (exact) mass is 407 g/mol. The van der Waals surface area contributed by atoms with E-state index in [0.29, 0.717) is 19.1 Å². The molecule has 0 spiro atoms. The highest BCUT2D eigenvalue weighted by molar-refractivity contribution is 6.27. The highest BCUT2D eigenvalue weighted by Gasteiger charge is 2.24. The second kappa shape index (κ2) is 13.7.